The molecular weight excluding hydrogens is 260 g/mol. The lowest BCUT2D eigenvalue weighted by Gasteiger charge is -2.31. The fourth-order valence-electron chi connectivity index (χ4n) is 1.35. The lowest BCUT2D eigenvalue weighted by molar-refractivity contribution is 0.0321. The molecule has 1 atom stereocenters. The van der Waals surface area contributed by atoms with Crippen LogP contribution in [0.2, 0.25) is 0 Å². The van der Waals surface area contributed by atoms with Gasteiger partial charge in [0.15, 0.2) is 0 Å². The third-order valence-corrected chi connectivity index (χ3v) is 3.02. The van der Waals surface area contributed by atoms with Gasteiger partial charge in [0.05, 0.1) is 0 Å². The van der Waals surface area contributed by atoms with Gasteiger partial charge in [-0.05, 0) is 32.9 Å². The van der Waals surface area contributed by atoms with Crippen molar-refractivity contribution in [2.75, 3.05) is 0 Å². The predicted octanol–water partition coefficient (Wildman–Crippen LogP) is 0.807. The highest BCUT2D eigenvalue weighted by Crippen LogP contribution is 2.21. The van der Waals surface area contributed by atoms with Crippen molar-refractivity contribution in [1.29, 1.82) is 0 Å². The summed E-state index contributed by atoms with van der Waals surface area (Å²) < 4.78 is 36.6. The van der Waals surface area contributed by atoms with Crippen LogP contribution in [0.25, 0.3) is 0 Å². The van der Waals surface area contributed by atoms with E-state index in [-0.39, 0.29) is 5.70 Å². The molecule has 1 aliphatic heterocycles. The molecule has 0 bridgehead atoms. The standard InChI is InChI=1S/C10H16N2O5S/c1-10(2,3)17-9(13)12-6-4-5-7(11)8(12)18(14,15)16/h4-6,8H,11H2,1-3H3,(H,14,15,16). The van der Waals surface area contributed by atoms with Crippen LogP contribution in [0.3, 0.4) is 0 Å². The number of ether oxygens (including phenoxy) is 1. The van der Waals surface area contributed by atoms with Crippen LogP contribution in [-0.4, -0.2) is 34.9 Å². The Morgan fingerprint density at radius 2 is 2.06 bits per heavy atom. The molecule has 1 aliphatic rings. The van der Waals surface area contributed by atoms with Gasteiger partial charge in [-0.15, -0.1) is 0 Å². The molecule has 18 heavy (non-hydrogen) atoms. The molecule has 0 aromatic heterocycles. The van der Waals surface area contributed by atoms with Gasteiger partial charge in [-0.2, -0.15) is 8.42 Å². The summed E-state index contributed by atoms with van der Waals surface area (Å²) in [4.78, 5) is 12.5. The third-order valence-electron chi connectivity index (χ3n) is 1.96. The molecule has 1 heterocycles. The van der Waals surface area contributed by atoms with Crippen molar-refractivity contribution >= 4 is 16.2 Å². The molecule has 0 spiro atoms. The molecule has 8 heteroatoms. The van der Waals surface area contributed by atoms with Crippen molar-refractivity contribution in [3.63, 3.8) is 0 Å². The number of amides is 1. The average molecular weight is 276 g/mol. The first-order valence-electron chi connectivity index (χ1n) is 5.14. The van der Waals surface area contributed by atoms with Crippen LogP contribution in [-0.2, 0) is 14.9 Å². The van der Waals surface area contributed by atoms with Gasteiger partial charge in [0.2, 0.25) is 5.37 Å². The van der Waals surface area contributed by atoms with Crippen molar-refractivity contribution < 1.29 is 22.5 Å². The van der Waals surface area contributed by atoms with E-state index in [2.05, 4.69) is 0 Å². The van der Waals surface area contributed by atoms with E-state index in [1.165, 1.54) is 18.4 Å². The number of carbonyl (C=O) groups excluding carboxylic acids is 1. The zero-order valence-electron chi connectivity index (χ0n) is 10.3. The summed E-state index contributed by atoms with van der Waals surface area (Å²) in [5.74, 6) is 0. The summed E-state index contributed by atoms with van der Waals surface area (Å²) >= 11 is 0. The van der Waals surface area contributed by atoms with Crippen LogP contribution in [0.1, 0.15) is 20.8 Å². The summed E-state index contributed by atoms with van der Waals surface area (Å²) in [6.07, 6.45) is 2.96. The molecule has 0 saturated carbocycles. The Labute approximate surface area is 106 Å². The zero-order valence-corrected chi connectivity index (χ0v) is 11.1. The molecule has 0 saturated heterocycles. The van der Waals surface area contributed by atoms with Crippen molar-refractivity contribution in [2.24, 2.45) is 5.73 Å². The van der Waals surface area contributed by atoms with Crippen LogP contribution < -0.4 is 5.73 Å². The first kappa shape index (κ1) is 14.5. The van der Waals surface area contributed by atoms with Crippen molar-refractivity contribution in [1.82, 2.24) is 4.90 Å². The Hall–Kier alpha value is -1.54. The van der Waals surface area contributed by atoms with Gasteiger partial charge in [0, 0.05) is 11.9 Å². The minimum absolute atomic E-state index is 0.161. The number of nitrogens with zero attached hydrogens (tertiary/aromatic N) is 1. The van der Waals surface area contributed by atoms with E-state index < -0.39 is 27.2 Å². The summed E-state index contributed by atoms with van der Waals surface area (Å²) in [6.45, 7) is 4.92. The van der Waals surface area contributed by atoms with Crippen LogP contribution in [0.5, 0.6) is 0 Å². The quantitative estimate of drug-likeness (QED) is 0.686. The lowest BCUT2D eigenvalue weighted by atomic mass is 10.2. The SMILES string of the molecule is CC(C)(C)OC(=O)N1C=CC=C(N)C1S(=O)(=O)O. The summed E-state index contributed by atoms with van der Waals surface area (Å²) in [7, 11) is -4.54. The fourth-order valence-corrected chi connectivity index (χ4v) is 2.22. The molecular formula is C10H16N2O5S. The van der Waals surface area contributed by atoms with Crippen LogP contribution >= 0.6 is 0 Å². The molecule has 1 amide bonds. The van der Waals surface area contributed by atoms with E-state index in [0.717, 1.165) is 4.90 Å². The topological polar surface area (TPSA) is 110 Å². The Morgan fingerprint density at radius 1 is 1.50 bits per heavy atom. The highest BCUT2D eigenvalue weighted by Gasteiger charge is 2.37. The Morgan fingerprint density at radius 3 is 2.50 bits per heavy atom. The predicted molar refractivity (Wildman–Crippen MR) is 64.8 cm³/mol. The second-order valence-electron chi connectivity index (χ2n) is 4.76. The third kappa shape index (κ3) is 3.47. The number of allylic oxidation sites excluding steroid dienone is 2. The van der Waals surface area contributed by atoms with E-state index in [1.54, 1.807) is 20.8 Å². The minimum atomic E-state index is -4.54. The van der Waals surface area contributed by atoms with Crippen molar-refractivity contribution in [2.45, 2.75) is 31.7 Å². The molecule has 7 nitrogen and oxygen atoms in total. The van der Waals surface area contributed by atoms with Gasteiger partial charge >= 0.3 is 6.09 Å². The molecule has 0 radical (unpaired) electrons. The van der Waals surface area contributed by atoms with Gasteiger partial charge in [0.25, 0.3) is 10.1 Å². The molecule has 102 valence electrons. The monoisotopic (exact) mass is 276 g/mol. The molecule has 3 N–H and O–H groups in total. The first-order chi connectivity index (χ1) is 8.02. The van der Waals surface area contributed by atoms with Crippen molar-refractivity contribution in [3.05, 3.63) is 24.0 Å². The Balaban J connectivity index is 3.04. The van der Waals surface area contributed by atoms with E-state index in [0.29, 0.717) is 0 Å². The van der Waals surface area contributed by atoms with E-state index in [4.69, 9.17) is 15.0 Å². The number of rotatable bonds is 1. The molecule has 0 aromatic carbocycles. The van der Waals surface area contributed by atoms with Crippen molar-refractivity contribution in [3.8, 4) is 0 Å². The average Bonchev–Trinajstić information content (AvgIpc) is 2.12. The number of carbonyl (C=O) groups is 1. The van der Waals surface area contributed by atoms with Crippen LogP contribution in [0, 0.1) is 0 Å². The summed E-state index contributed by atoms with van der Waals surface area (Å²) in [6, 6.07) is 0. The summed E-state index contributed by atoms with van der Waals surface area (Å²) in [5.41, 5.74) is 4.53. The normalized spacial score (nSPS) is 20.6. The maximum atomic E-state index is 11.8. The number of hydrogen-bond donors (Lipinski definition) is 2. The highest BCUT2D eigenvalue weighted by atomic mass is 32.2. The van der Waals surface area contributed by atoms with Crippen LogP contribution in [0.4, 0.5) is 4.79 Å². The maximum absolute atomic E-state index is 11.8. The fraction of sp³-hybridized carbons (Fsp3) is 0.500. The Kier molecular flexibility index (Phi) is 3.72. The van der Waals surface area contributed by atoms with Gasteiger partial charge < -0.3 is 10.5 Å². The van der Waals surface area contributed by atoms with E-state index in [1.807, 2.05) is 0 Å². The summed E-state index contributed by atoms with van der Waals surface area (Å²) in [5, 5.41) is -1.66. The molecule has 0 aromatic rings. The second-order valence-corrected chi connectivity index (χ2v) is 6.24. The largest absolute Gasteiger partial charge is 0.443 e. The van der Waals surface area contributed by atoms with E-state index >= 15 is 0 Å². The highest BCUT2D eigenvalue weighted by molar-refractivity contribution is 7.86. The van der Waals surface area contributed by atoms with E-state index in [9.17, 15) is 13.2 Å². The zero-order chi connectivity index (χ0) is 14.1. The number of nitrogens with two attached hydrogens (primary N) is 1. The molecule has 0 fully saturated rings. The first-order valence-corrected chi connectivity index (χ1v) is 6.64. The van der Waals surface area contributed by atoms with Gasteiger partial charge in [-0.25, -0.2) is 4.79 Å². The lowest BCUT2D eigenvalue weighted by Crippen LogP contribution is -2.47. The molecule has 0 aliphatic carbocycles. The smallest absolute Gasteiger partial charge is 0.415 e. The molecule has 1 unspecified atom stereocenters. The second kappa shape index (κ2) is 4.62. The van der Waals surface area contributed by atoms with Gasteiger partial charge in [-0.1, -0.05) is 0 Å². The van der Waals surface area contributed by atoms with Crippen LogP contribution in [0.15, 0.2) is 24.0 Å². The Bertz CT molecular complexity index is 501. The number of hydrogen-bond acceptors (Lipinski definition) is 5. The minimum Gasteiger partial charge on any atom is -0.443 e. The van der Waals surface area contributed by atoms with Gasteiger partial charge in [-0.3, -0.25) is 9.45 Å². The maximum Gasteiger partial charge on any atom is 0.415 e. The van der Waals surface area contributed by atoms with Gasteiger partial charge in [0.1, 0.15) is 5.60 Å². The molecule has 1 rings (SSSR count).